The zero-order valence-corrected chi connectivity index (χ0v) is 17.8. The zero-order chi connectivity index (χ0) is 23.2. The summed E-state index contributed by atoms with van der Waals surface area (Å²) in [6.45, 7) is 2.12. The molecule has 0 radical (unpaired) electrons. The second-order valence-electron chi connectivity index (χ2n) is 5.93. The average molecular weight is 457 g/mol. The molecule has 14 heteroatoms. The van der Waals surface area contributed by atoms with Crippen LogP contribution < -0.4 is 19.5 Å². The molecule has 0 bridgehead atoms. The molecule has 31 heavy (non-hydrogen) atoms. The molecule has 2 rings (SSSR count). The molecule has 2 N–H and O–H groups in total. The summed E-state index contributed by atoms with van der Waals surface area (Å²) in [6, 6.07) is 2.47. The average Bonchev–Trinajstić information content (AvgIpc) is 2.70. The van der Waals surface area contributed by atoms with Crippen LogP contribution in [0.5, 0.6) is 11.8 Å². The predicted octanol–water partition coefficient (Wildman–Crippen LogP) is 1.36. The van der Waals surface area contributed by atoms with Gasteiger partial charge in [-0.15, -0.1) is 0 Å². The molecule has 2 aromatic heterocycles. The summed E-state index contributed by atoms with van der Waals surface area (Å²) in [4.78, 5) is 34.5. The lowest BCUT2D eigenvalue weighted by atomic mass is 10.1. The largest absolute Gasteiger partial charge is 0.481 e. The van der Waals surface area contributed by atoms with E-state index in [0.29, 0.717) is 0 Å². The third kappa shape index (κ3) is 6.21. The molecule has 12 nitrogen and oxygen atoms in total. The van der Waals surface area contributed by atoms with Gasteiger partial charge in [-0.3, -0.25) is 15.1 Å². The summed E-state index contributed by atoms with van der Waals surface area (Å²) in [5, 5.41) is 2.13. The number of esters is 1. The molecule has 0 saturated carbocycles. The Labute approximate surface area is 177 Å². The van der Waals surface area contributed by atoms with Crippen molar-refractivity contribution >= 4 is 28.0 Å². The van der Waals surface area contributed by atoms with Crippen molar-refractivity contribution in [2.45, 2.75) is 31.0 Å². The number of pyridine rings is 1. The van der Waals surface area contributed by atoms with E-state index >= 15 is 0 Å². The molecule has 0 aliphatic heterocycles. The van der Waals surface area contributed by atoms with E-state index in [-0.39, 0.29) is 23.4 Å². The van der Waals surface area contributed by atoms with Crippen molar-refractivity contribution in [1.82, 2.24) is 19.7 Å². The van der Waals surface area contributed by atoms with E-state index in [1.807, 2.05) is 0 Å². The first kappa shape index (κ1) is 23.7. The Hall–Kier alpha value is -3.55. The lowest BCUT2D eigenvalue weighted by molar-refractivity contribution is -0.150. The van der Waals surface area contributed by atoms with Crippen LogP contribution in [-0.4, -0.2) is 55.8 Å². The summed E-state index contributed by atoms with van der Waals surface area (Å²) < 4.78 is 56.0. The van der Waals surface area contributed by atoms with Gasteiger partial charge < -0.3 is 14.2 Å². The summed E-state index contributed by atoms with van der Waals surface area (Å²) in [6.07, 6.45) is -2.18. The molecule has 2 aromatic rings. The van der Waals surface area contributed by atoms with Gasteiger partial charge in [-0.2, -0.15) is 9.97 Å². The van der Waals surface area contributed by atoms with Gasteiger partial charge in [0, 0.05) is 13.1 Å². The molecule has 168 valence electrons. The van der Waals surface area contributed by atoms with Gasteiger partial charge in [0.25, 0.3) is 10.0 Å². The first-order chi connectivity index (χ1) is 14.6. The fraction of sp³-hybridized carbons (Fsp3) is 0.353. The van der Waals surface area contributed by atoms with Gasteiger partial charge in [0.05, 0.1) is 20.3 Å². The highest BCUT2D eigenvalue weighted by Gasteiger charge is 2.32. The van der Waals surface area contributed by atoms with Crippen LogP contribution in [0.1, 0.15) is 25.6 Å². The number of rotatable bonds is 8. The van der Waals surface area contributed by atoms with Gasteiger partial charge in [0.2, 0.25) is 17.7 Å². The molecule has 2 amide bonds. The third-order valence-electron chi connectivity index (χ3n) is 3.62. The maximum atomic E-state index is 14.0. The van der Waals surface area contributed by atoms with E-state index in [2.05, 4.69) is 20.3 Å². The minimum atomic E-state index is -4.56. The topological polar surface area (TPSA) is 159 Å². The number of amides is 2. The Morgan fingerprint density at radius 2 is 1.77 bits per heavy atom. The van der Waals surface area contributed by atoms with Crippen LogP contribution >= 0.6 is 0 Å². The number of halogens is 1. The summed E-state index contributed by atoms with van der Waals surface area (Å²) in [7, 11) is -1.91. The minimum Gasteiger partial charge on any atom is -0.481 e. The number of urea groups is 1. The standard InChI is InChI=1S/C17H20FN5O7S/c1-9(18)15(30-10(2)24)14-11(6-5-7-19-14)31(26,27)23-17(25)22-16-20-12(28-3)8-13(21-16)29-4/h5-9,15H,1-4H3,(H2,20,21,22,23,25). The number of ether oxygens (including phenoxy) is 3. The van der Waals surface area contributed by atoms with E-state index in [1.165, 1.54) is 32.5 Å². The number of hydrogen-bond donors (Lipinski definition) is 2. The number of methoxy groups -OCH3 is 2. The van der Waals surface area contributed by atoms with E-state index in [1.54, 1.807) is 4.72 Å². The highest BCUT2D eigenvalue weighted by Crippen LogP contribution is 2.27. The Balaban J connectivity index is 2.31. The van der Waals surface area contributed by atoms with Crippen molar-refractivity contribution < 1.29 is 36.6 Å². The first-order valence-electron chi connectivity index (χ1n) is 8.64. The highest BCUT2D eigenvalue weighted by atomic mass is 32.2. The number of aromatic nitrogens is 3. The Morgan fingerprint density at radius 3 is 2.29 bits per heavy atom. The van der Waals surface area contributed by atoms with E-state index in [9.17, 15) is 22.4 Å². The van der Waals surface area contributed by atoms with Crippen LogP contribution in [0.25, 0.3) is 0 Å². The van der Waals surface area contributed by atoms with Crippen molar-refractivity contribution in [2.24, 2.45) is 0 Å². The number of nitrogens with one attached hydrogen (secondary N) is 2. The maximum Gasteiger partial charge on any atom is 0.335 e. The molecular weight excluding hydrogens is 437 g/mol. The Kier molecular flexibility index (Phi) is 7.63. The number of nitrogens with zero attached hydrogens (tertiary/aromatic N) is 3. The van der Waals surface area contributed by atoms with Crippen LogP contribution in [0.2, 0.25) is 0 Å². The zero-order valence-electron chi connectivity index (χ0n) is 16.9. The van der Waals surface area contributed by atoms with Gasteiger partial charge in [0.15, 0.2) is 6.10 Å². The van der Waals surface area contributed by atoms with Crippen LogP contribution in [0, 0.1) is 0 Å². The van der Waals surface area contributed by atoms with E-state index in [0.717, 1.165) is 19.9 Å². The predicted molar refractivity (Wildman–Crippen MR) is 104 cm³/mol. The molecule has 0 fully saturated rings. The second-order valence-corrected chi connectivity index (χ2v) is 7.58. The third-order valence-corrected chi connectivity index (χ3v) is 5.00. The van der Waals surface area contributed by atoms with Crippen LogP contribution in [0.4, 0.5) is 15.1 Å². The fourth-order valence-corrected chi connectivity index (χ4v) is 3.47. The summed E-state index contributed by atoms with van der Waals surface area (Å²) in [5.74, 6) is -1.02. The lowest BCUT2D eigenvalue weighted by Gasteiger charge is -2.20. The Bertz CT molecular complexity index is 1040. The molecule has 0 aliphatic rings. The summed E-state index contributed by atoms with van der Waals surface area (Å²) in [5.41, 5.74) is -0.382. The number of carbonyl (C=O) groups is 2. The van der Waals surface area contributed by atoms with Crippen molar-refractivity contribution in [1.29, 1.82) is 0 Å². The molecule has 2 heterocycles. The number of anilines is 1. The van der Waals surface area contributed by atoms with E-state index < -0.39 is 39.2 Å². The molecular formula is C17H20FN5O7S. The maximum absolute atomic E-state index is 14.0. The highest BCUT2D eigenvalue weighted by molar-refractivity contribution is 7.90. The molecule has 0 saturated heterocycles. The fourth-order valence-electron chi connectivity index (χ4n) is 2.36. The normalized spacial score (nSPS) is 12.9. The van der Waals surface area contributed by atoms with Crippen molar-refractivity contribution in [2.75, 3.05) is 19.5 Å². The SMILES string of the molecule is COc1cc(OC)nc(NC(=O)NS(=O)(=O)c2cccnc2C(OC(C)=O)C(C)F)n1. The van der Waals surface area contributed by atoms with Crippen LogP contribution in [0.15, 0.2) is 29.3 Å². The molecule has 0 aromatic carbocycles. The van der Waals surface area contributed by atoms with Gasteiger partial charge in [0.1, 0.15) is 16.8 Å². The second kappa shape index (κ2) is 9.97. The van der Waals surface area contributed by atoms with Crippen LogP contribution in [-0.2, 0) is 19.6 Å². The Morgan fingerprint density at radius 1 is 1.16 bits per heavy atom. The van der Waals surface area contributed by atoms with Gasteiger partial charge in [-0.05, 0) is 19.1 Å². The van der Waals surface area contributed by atoms with Gasteiger partial charge in [-0.1, -0.05) is 0 Å². The van der Waals surface area contributed by atoms with Gasteiger partial charge in [-0.25, -0.2) is 22.3 Å². The first-order valence-corrected chi connectivity index (χ1v) is 10.1. The van der Waals surface area contributed by atoms with Crippen molar-refractivity contribution in [3.63, 3.8) is 0 Å². The van der Waals surface area contributed by atoms with Gasteiger partial charge >= 0.3 is 12.0 Å². The molecule has 2 unspecified atom stereocenters. The lowest BCUT2D eigenvalue weighted by Crippen LogP contribution is -2.36. The summed E-state index contributed by atoms with van der Waals surface area (Å²) >= 11 is 0. The van der Waals surface area contributed by atoms with E-state index in [4.69, 9.17) is 14.2 Å². The number of alkyl halides is 1. The minimum absolute atomic E-state index is 0.0562. The quantitative estimate of drug-likeness (QED) is 0.554. The smallest absolute Gasteiger partial charge is 0.335 e. The molecule has 2 atom stereocenters. The molecule has 0 spiro atoms. The van der Waals surface area contributed by atoms with Crippen LogP contribution in [0.3, 0.4) is 0 Å². The van der Waals surface area contributed by atoms with Crippen molar-refractivity contribution in [3.8, 4) is 11.8 Å². The number of hydrogen-bond acceptors (Lipinski definition) is 10. The monoisotopic (exact) mass is 457 g/mol. The number of sulfonamides is 1. The van der Waals surface area contributed by atoms with Crippen molar-refractivity contribution in [3.05, 3.63) is 30.1 Å². The molecule has 0 aliphatic carbocycles. The number of carbonyl (C=O) groups excluding carboxylic acids is 2.